The monoisotopic (exact) mass is 324 g/mol. The van der Waals surface area contributed by atoms with Crippen molar-refractivity contribution in [2.75, 3.05) is 5.32 Å². The number of hydrogen-bond acceptors (Lipinski definition) is 4. The SMILES string of the molecule is CC.CC1=NC2C(Nc3cccc(C(F)(F)F)c3)=CC=CN2N1. The second kappa shape index (κ2) is 6.76. The van der Waals surface area contributed by atoms with Gasteiger partial charge in [0.05, 0.1) is 11.3 Å². The van der Waals surface area contributed by atoms with Gasteiger partial charge >= 0.3 is 6.18 Å². The fraction of sp³-hybridized carbons (Fsp3) is 0.312. The number of anilines is 1. The molecule has 2 aliphatic rings. The third kappa shape index (κ3) is 3.85. The van der Waals surface area contributed by atoms with Gasteiger partial charge in [0.2, 0.25) is 0 Å². The minimum Gasteiger partial charge on any atom is -0.356 e. The molecule has 2 aliphatic heterocycles. The first-order valence-electron chi connectivity index (χ1n) is 7.35. The largest absolute Gasteiger partial charge is 0.416 e. The van der Waals surface area contributed by atoms with Gasteiger partial charge in [0.15, 0.2) is 6.17 Å². The first-order chi connectivity index (χ1) is 10.9. The van der Waals surface area contributed by atoms with Gasteiger partial charge in [-0.2, -0.15) is 13.2 Å². The number of fused-ring (bicyclic) bond motifs is 1. The highest BCUT2D eigenvalue weighted by Gasteiger charge is 2.31. The zero-order valence-corrected chi connectivity index (χ0v) is 13.1. The molecule has 2 heterocycles. The maximum Gasteiger partial charge on any atom is 0.416 e. The Balaban J connectivity index is 0.000000924. The number of amidine groups is 1. The van der Waals surface area contributed by atoms with Crippen molar-refractivity contribution in [2.24, 2.45) is 4.99 Å². The summed E-state index contributed by atoms with van der Waals surface area (Å²) < 4.78 is 38.2. The molecule has 0 saturated heterocycles. The molecule has 0 bridgehead atoms. The third-order valence-electron chi connectivity index (χ3n) is 3.15. The summed E-state index contributed by atoms with van der Waals surface area (Å²) in [6, 6.07) is 5.11. The molecular formula is C16H19F3N4. The van der Waals surface area contributed by atoms with Crippen molar-refractivity contribution in [3.05, 3.63) is 53.9 Å². The third-order valence-corrected chi connectivity index (χ3v) is 3.15. The summed E-state index contributed by atoms with van der Waals surface area (Å²) in [5, 5.41) is 4.79. The van der Waals surface area contributed by atoms with Crippen molar-refractivity contribution in [1.29, 1.82) is 0 Å². The van der Waals surface area contributed by atoms with Crippen molar-refractivity contribution in [3.63, 3.8) is 0 Å². The molecule has 23 heavy (non-hydrogen) atoms. The summed E-state index contributed by atoms with van der Waals surface area (Å²) in [4.78, 5) is 4.39. The Morgan fingerprint density at radius 2 is 2.00 bits per heavy atom. The van der Waals surface area contributed by atoms with E-state index >= 15 is 0 Å². The summed E-state index contributed by atoms with van der Waals surface area (Å²) >= 11 is 0. The second-order valence-corrected chi connectivity index (χ2v) is 4.77. The molecule has 0 radical (unpaired) electrons. The molecule has 7 heteroatoms. The van der Waals surface area contributed by atoms with Crippen LogP contribution in [0.5, 0.6) is 0 Å². The van der Waals surface area contributed by atoms with Crippen LogP contribution < -0.4 is 10.7 Å². The van der Waals surface area contributed by atoms with E-state index in [9.17, 15) is 13.2 Å². The number of nitrogens with one attached hydrogen (secondary N) is 2. The molecule has 1 aromatic rings. The molecule has 3 rings (SSSR count). The molecule has 0 aliphatic carbocycles. The summed E-state index contributed by atoms with van der Waals surface area (Å²) in [5.41, 5.74) is 3.45. The van der Waals surface area contributed by atoms with E-state index in [1.807, 2.05) is 27.0 Å². The van der Waals surface area contributed by atoms with E-state index in [1.165, 1.54) is 6.07 Å². The molecule has 0 aromatic heterocycles. The van der Waals surface area contributed by atoms with Crippen LogP contribution >= 0.6 is 0 Å². The fourth-order valence-electron chi connectivity index (χ4n) is 2.23. The van der Waals surface area contributed by atoms with Gasteiger partial charge in [-0.05, 0) is 37.3 Å². The lowest BCUT2D eigenvalue weighted by Gasteiger charge is -2.26. The van der Waals surface area contributed by atoms with Gasteiger partial charge in [-0.1, -0.05) is 19.9 Å². The van der Waals surface area contributed by atoms with E-state index in [0.717, 1.165) is 18.0 Å². The molecule has 1 unspecified atom stereocenters. The van der Waals surface area contributed by atoms with Crippen molar-refractivity contribution >= 4 is 11.5 Å². The Morgan fingerprint density at radius 3 is 2.70 bits per heavy atom. The van der Waals surface area contributed by atoms with Gasteiger partial charge in [0.1, 0.15) is 5.84 Å². The van der Waals surface area contributed by atoms with Crippen molar-refractivity contribution in [1.82, 2.24) is 10.4 Å². The predicted octanol–water partition coefficient (Wildman–Crippen LogP) is 4.12. The van der Waals surface area contributed by atoms with E-state index in [4.69, 9.17) is 0 Å². The van der Waals surface area contributed by atoms with Crippen LogP contribution in [0, 0.1) is 0 Å². The normalized spacial score (nSPS) is 19.0. The van der Waals surface area contributed by atoms with Gasteiger partial charge in [-0.25, -0.2) is 4.99 Å². The number of allylic oxidation sites excluding steroid dienone is 2. The lowest BCUT2D eigenvalue weighted by molar-refractivity contribution is -0.137. The Morgan fingerprint density at radius 1 is 1.26 bits per heavy atom. The lowest BCUT2D eigenvalue weighted by Crippen LogP contribution is -2.39. The van der Waals surface area contributed by atoms with Crippen molar-refractivity contribution in [2.45, 2.75) is 33.1 Å². The van der Waals surface area contributed by atoms with E-state index in [2.05, 4.69) is 15.7 Å². The maximum atomic E-state index is 12.7. The number of nitrogens with zero attached hydrogens (tertiary/aromatic N) is 2. The van der Waals surface area contributed by atoms with Gasteiger partial charge in [0, 0.05) is 11.9 Å². The average molecular weight is 324 g/mol. The summed E-state index contributed by atoms with van der Waals surface area (Å²) in [7, 11) is 0. The maximum absolute atomic E-state index is 12.7. The minimum atomic E-state index is -4.35. The van der Waals surface area contributed by atoms with E-state index in [1.54, 1.807) is 23.2 Å². The number of aliphatic imine (C=N–C) groups is 1. The van der Waals surface area contributed by atoms with E-state index in [0.29, 0.717) is 11.4 Å². The molecule has 4 nitrogen and oxygen atoms in total. The second-order valence-electron chi connectivity index (χ2n) is 4.77. The predicted molar refractivity (Wildman–Crippen MR) is 85.5 cm³/mol. The summed E-state index contributed by atoms with van der Waals surface area (Å²) in [6.07, 6.45) is 0.777. The molecule has 0 spiro atoms. The highest BCUT2D eigenvalue weighted by molar-refractivity contribution is 5.81. The Labute approximate surface area is 133 Å². The topological polar surface area (TPSA) is 39.7 Å². The quantitative estimate of drug-likeness (QED) is 0.860. The summed E-state index contributed by atoms with van der Waals surface area (Å²) in [5.74, 6) is 0.753. The first-order valence-corrected chi connectivity index (χ1v) is 7.35. The Bertz CT molecular complexity index is 647. The highest BCUT2D eigenvalue weighted by atomic mass is 19.4. The van der Waals surface area contributed by atoms with Gasteiger partial charge in [-0.3, -0.25) is 10.4 Å². The molecule has 2 N–H and O–H groups in total. The number of benzene rings is 1. The van der Waals surface area contributed by atoms with Crippen molar-refractivity contribution in [3.8, 4) is 0 Å². The molecule has 0 saturated carbocycles. The number of rotatable bonds is 2. The number of hydrogen-bond donors (Lipinski definition) is 2. The van der Waals surface area contributed by atoms with Crippen LogP contribution in [-0.4, -0.2) is 17.0 Å². The van der Waals surface area contributed by atoms with Gasteiger partial charge in [0.25, 0.3) is 0 Å². The average Bonchev–Trinajstić information content (AvgIpc) is 2.90. The smallest absolute Gasteiger partial charge is 0.356 e. The van der Waals surface area contributed by atoms with Crippen LogP contribution in [0.3, 0.4) is 0 Å². The number of alkyl halides is 3. The summed E-state index contributed by atoms with van der Waals surface area (Å²) in [6.45, 7) is 5.83. The standard InChI is InChI=1S/C14H13F3N4.C2H6/c1-9-18-13-12(6-3-7-21(13)20-9)19-11-5-2-4-10(8-11)14(15,16)17;1-2/h2-8,13,19H,1H3,(H,18,20);1-2H3. The van der Waals surface area contributed by atoms with E-state index in [-0.39, 0.29) is 6.17 Å². The van der Waals surface area contributed by atoms with Gasteiger partial charge < -0.3 is 5.32 Å². The minimum absolute atomic E-state index is 0.287. The van der Waals surface area contributed by atoms with Crippen LogP contribution in [-0.2, 0) is 6.18 Å². The molecule has 0 amide bonds. The molecule has 1 atom stereocenters. The van der Waals surface area contributed by atoms with Crippen LogP contribution in [0.15, 0.2) is 53.3 Å². The van der Waals surface area contributed by atoms with Crippen LogP contribution in [0.4, 0.5) is 18.9 Å². The Hall–Kier alpha value is -2.44. The van der Waals surface area contributed by atoms with Gasteiger partial charge in [-0.15, -0.1) is 0 Å². The molecule has 1 aromatic carbocycles. The first kappa shape index (κ1) is 16.9. The molecule has 124 valence electrons. The van der Waals surface area contributed by atoms with E-state index < -0.39 is 11.7 Å². The van der Waals surface area contributed by atoms with Crippen molar-refractivity contribution < 1.29 is 13.2 Å². The van der Waals surface area contributed by atoms with Crippen LogP contribution in [0.1, 0.15) is 26.3 Å². The molecular weight excluding hydrogens is 305 g/mol. The van der Waals surface area contributed by atoms with Crippen LogP contribution in [0.2, 0.25) is 0 Å². The van der Waals surface area contributed by atoms with Crippen LogP contribution in [0.25, 0.3) is 0 Å². The number of halogens is 3. The molecule has 0 fully saturated rings. The zero-order chi connectivity index (χ0) is 17.0. The fourth-order valence-corrected chi connectivity index (χ4v) is 2.23. The zero-order valence-electron chi connectivity index (χ0n) is 13.1. The Kier molecular flexibility index (Phi) is 4.98. The highest BCUT2D eigenvalue weighted by Crippen LogP contribution is 2.31. The lowest BCUT2D eigenvalue weighted by atomic mass is 10.1. The number of hydrazine groups is 1.